The summed E-state index contributed by atoms with van der Waals surface area (Å²) in [5, 5.41) is 9.17. The topological polar surface area (TPSA) is 60.9 Å². The number of carboxylic acid groups (broad SMARTS) is 1. The maximum Gasteiger partial charge on any atom is 0.320 e. The van der Waals surface area contributed by atoms with Crippen LogP contribution in [0.4, 0.5) is 4.79 Å². The summed E-state index contributed by atoms with van der Waals surface area (Å²) in [6.07, 6.45) is 2.09. The summed E-state index contributed by atoms with van der Waals surface area (Å²) in [7, 11) is 0. The van der Waals surface area contributed by atoms with Gasteiger partial charge in [-0.25, -0.2) is 4.79 Å². The quantitative estimate of drug-likeness (QED) is 0.809. The zero-order chi connectivity index (χ0) is 15.8. The van der Waals surface area contributed by atoms with Crippen LogP contribution in [0.2, 0.25) is 0 Å². The molecule has 5 nitrogen and oxygen atoms in total. The van der Waals surface area contributed by atoms with Gasteiger partial charge in [0.15, 0.2) is 0 Å². The number of rotatable bonds is 1. The van der Waals surface area contributed by atoms with Gasteiger partial charge in [0.2, 0.25) is 0 Å². The number of nitrogens with zero attached hydrogens (tertiary/aromatic N) is 2. The van der Waals surface area contributed by atoms with Crippen LogP contribution in [0, 0.1) is 23.2 Å². The highest BCUT2D eigenvalue weighted by molar-refractivity contribution is 5.77. The Labute approximate surface area is 127 Å². The largest absolute Gasteiger partial charge is 0.481 e. The van der Waals surface area contributed by atoms with Gasteiger partial charge < -0.3 is 14.9 Å². The normalized spacial score (nSPS) is 28.0. The molecule has 2 amide bonds. The Hall–Kier alpha value is -1.26. The number of carbonyl (C=O) groups excluding carboxylic acids is 1. The molecule has 2 rings (SSSR count). The van der Waals surface area contributed by atoms with Gasteiger partial charge in [-0.3, -0.25) is 4.79 Å². The number of hydrogen-bond acceptors (Lipinski definition) is 2. The smallest absolute Gasteiger partial charge is 0.320 e. The van der Waals surface area contributed by atoms with Crippen LogP contribution in [0.5, 0.6) is 0 Å². The molecular weight excluding hydrogens is 268 g/mol. The lowest BCUT2D eigenvalue weighted by molar-refractivity contribution is -0.142. The van der Waals surface area contributed by atoms with E-state index in [1.807, 2.05) is 11.8 Å². The molecule has 0 bridgehead atoms. The highest BCUT2D eigenvalue weighted by Crippen LogP contribution is 2.35. The fourth-order valence-corrected chi connectivity index (χ4v) is 3.58. The van der Waals surface area contributed by atoms with Crippen molar-refractivity contribution in [3.63, 3.8) is 0 Å². The van der Waals surface area contributed by atoms with Crippen molar-refractivity contribution in [2.75, 3.05) is 26.2 Å². The molecule has 0 unspecified atom stereocenters. The van der Waals surface area contributed by atoms with E-state index in [1.54, 1.807) is 4.90 Å². The molecule has 2 heterocycles. The minimum Gasteiger partial charge on any atom is -0.481 e. The first-order chi connectivity index (χ1) is 9.70. The number of urea groups is 1. The zero-order valence-electron chi connectivity index (χ0n) is 13.6. The van der Waals surface area contributed by atoms with Crippen LogP contribution in [0.3, 0.4) is 0 Å². The van der Waals surface area contributed by atoms with Crippen molar-refractivity contribution in [3.05, 3.63) is 0 Å². The van der Waals surface area contributed by atoms with Gasteiger partial charge in [-0.15, -0.1) is 0 Å². The van der Waals surface area contributed by atoms with E-state index in [1.165, 1.54) is 0 Å². The summed E-state index contributed by atoms with van der Waals surface area (Å²) in [4.78, 5) is 27.3. The number of hydrogen-bond donors (Lipinski definition) is 1. The molecule has 120 valence electrons. The lowest BCUT2D eigenvalue weighted by atomic mass is 9.75. The Morgan fingerprint density at radius 2 is 1.62 bits per heavy atom. The standard InChI is InChI=1S/C16H28N2O3/c1-11-9-18(10-13(11)14(19)20)15(21)17-7-5-12(6-8-17)16(2,3)4/h11-13H,5-10H2,1-4H3,(H,19,20)/t11-,13-/m1/s1. The van der Waals surface area contributed by atoms with Crippen LogP contribution in [-0.2, 0) is 4.79 Å². The molecule has 2 saturated heterocycles. The van der Waals surface area contributed by atoms with Crippen LogP contribution in [-0.4, -0.2) is 53.1 Å². The summed E-state index contributed by atoms with van der Waals surface area (Å²) in [5.74, 6) is -0.505. The van der Waals surface area contributed by atoms with Gasteiger partial charge in [-0.05, 0) is 30.1 Å². The summed E-state index contributed by atoms with van der Waals surface area (Å²) < 4.78 is 0. The van der Waals surface area contributed by atoms with Gasteiger partial charge in [0.25, 0.3) is 0 Å². The Balaban J connectivity index is 1.90. The van der Waals surface area contributed by atoms with E-state index in [-0.39, 0.29) is 11.9 Å². The second-order valence-corrected chi connectivity index (χ2v) is 7.74. The van der Waals surface area contributed by atoms with Gasteiger partial charge in [-0.1, -0.05) is 27.7 Å². The van der Waals surface area contributed by atoms with Crippen molar-refractivity contribution in [1.29, 1.82) is 0 Å². The Morgan fingerprint density at radius 3 is 2.05 bits per heavy atom. The minimum absolute atomic E-state index is 0.0259. The highest BCUT2D eigenvalue weighted by Gasteiger charge is 2.39. The molecule has 2 aliphatic heterocycles. The summed E-state index contributed by atoms with van der Waals surface area (Å²) in [6.45, 7) is 11.2. The lowest BCUT2D eigenvalue weighted by Gasteiger charge is -2.39. The van der Waals surface area contributed by atoms with E-state index >= 15 is 0 Å². The number of carboxylic acids is 1. The SMILES string of the molecule is C[C@@H]1CN(C(=O)N2CCC(C(C)(C)C)CC2)C[C@H]1C(=O)O. The maximum absolute atomic E-state index is 12.5. The van der Waals surface area contributed by atoms with Crippen LogP contribution >= 0.6 is 0 Å². The number of amides is 2. The third-order valence-corrected chi connectivity index (χ3v) is 5.19. The van der Waals surface area contributed by atoms with E-state index in [4.69, 9.17) is 5.11 Å². The molecule has 5 heteroatoms. The molecule has 0 saturated carbocycles. The van der Waals surface area contributed by atoms with Crippen molar-refractivity contribution in [2.45, 2.75) is 40.5 Å². The summed E-state index contributed by atoms with van der Waals surface area (Å²) in [6, 6.07) is 0.0259. The number of piperidine rings is 1. The fourth-order valence-electron chi connectivity index (χ4n) is 3.58. The second-order valence-electron chi connectivity index (χ2n) is 7.74. The molecule has 21 heavy (non-hydrogen) atoms. The average molecular weight is 296 g/mol. The Morgan fingerprint density at radius 1 is 1.05 bits per heavy atom. The average Bonchev–Trinajstić information content (AvgIpc) is 2.79. The minimum atomic E-state index is -0.788. The molecule has 2 aliphatic rings. The first-order valence-corrected chi connectivity index (χ1v) is 7.97. The molecule has 1 N–H and O–H groups in total. The first-order valence-electron chi connectivity index (χ1n) is 7.97. The van der Waals surface area contributed by atoms with Crippen LogP contribution in [0.1, 0.15) is 40.5 Å². The maximum atomic E-state index is 12.5. The van der Waals surface area contributed by atoms with Crippen LogP contribution in [0.15, 0.2) is 0 Å². The zero-order valence-corrected chi connectivity index (χ0v) is 13.6. The van der Waals surface area contributed by atoms with Crippen LogP contribution in [0.25, 0.3) is 0 Å². The van der Waals surface area contributed by atoms with Gasteiger partial charge in [-0.2, -0.15) is 0 Å². The van der Waals surface area contributed by atoms with Crippen molar-refractivity contribution in [2.24, 2.45) is 23.2 Å². The molecule has 2 atom stereocenters. The number of carbonyl (C=O) groups is 2. The van der Waals surface area contributed by atoms with Gasteiger partial charge in [0.05, 0.1) is 5.92 Å². The van der Waals surface area contributed by atoms with E-state index in [2.05, 4.69) is 20.8 Å². The second kappa shape index (κ2) is 5.85. The van der Waals surface area contributed by atoms with E-state index in [9.17, 15) is 9.59 Å². The molecule has 2 fully saturated rings. The Bertz CT molecular complexity index is 408. The molecule has 0 aromatic carbocycles. The number of likely N-dealkylation sites (tertiary alicyclic amines) is 2. The molecule has 0 aliphatic carbocycles. The van der Waals surface area contributed by atoms with Crippen molar-refractivity contribution in [3.8, 4) is 0 Å². The molecular formula is C16H28N2O3. The number of aliphatic carboxylic acids is 1. The van der Waals surface area contributed by atoms with Crippen molar-refractivity contribution in [1.82, 2.24) is 9.80 Å². The van der Waals surface area contributed by atoms with Crippen molar-refractivity contribution < 1.29 is 14.7 Å². The monoisotopic (exact) mass is 296 g/mol. The summed E-state index contributed by atoms with van der Waals surface area (Å²) >= 11 is 0. The van der Waals surface area contributed by atoms with Gasteiger partial charge >= 0.3 is 12.0 Å². The van der Waals surface area contributed by atoms with E-state index < -0.39 is 11.9 Å². The first kappa shape index (κ1) is 16.1. The third-order valence-electron chi connectivity index (χ3n) is 5.19. The van der Waals surface area contributed by atoms with E-state index in [0.29, 0.717) is 24.4 Å². The van der Waals surface area contributed by atoms with Crippen molar-refractivity contribution >= 4 is 12.0 Å². The Kier molecular flexibility index (Phi) is 4.49. The lowest BCUT2D eigenvalue weighted by Crippen LogP contribution is -2.47. The molecule has 0 aromatic rings. The van der Waals surface area contributed by atoms with Crippen LogP contribution < -0.4 is 0 Å². The fraction of sp³-hybridized carbons (Fsp3) is 0.875. The predicted octanol–water partition coefficient (Wildman–Crippen LogP) is 2.52. The third kappa shape index (κ3) is 3.50. The summed E-state index contributed by atoms with van der Waals surface area (Å²) in [5.41, 5.74) is 0.297. The molecule has 0 aromatic heterocycles. The van der Waals surface area contributed by atoms with Gasteiger partial charge in [0.1, 0.15) is 0 Å². The molecule has 0 radical (unpaired) electrons. The highest BCUT2D eigenvalue weighted by atomic mass is 16.4. The van der Waals surface area contributed by atoms with E-state index in [0.717, 1.165) is 25.9 Å². The van der Waals surface area contributed by atoms with Gasteiger partial charge in [0, 0.05) is 26.2 Å². The molecule has 0 spiro atoms. The predicted molar refractivity (Wildman–Crippen MR) is 81.0 cm³/mol.